The molecule has 1 rings (SSSR count). The summed E-state index contributed by atoms with van der Waals surface area (Å²) in [5.74, 6) is 0.0100. The molecule has 94 valence electrons. The number of esters is 1. The van der Waals surface area contributed by atoms with Crippen molar-refractivity contribution in [2.45, 2.75) is 24.3 Å². The van der Waals surface area contributed by atoms with Gasteiger partial charge >= 0.3 is 5.97 Å². The van der Waals surface area contributed by atoms with Crippen LogP contribution in [0.2, 0.25) is 0 Å². The monoisotopic (exact) mass is 256 g/mol. The van der Waals surface area contributed by atoms with Crippen LogP contribution in [0.15, 0.2) is 23.4 Å². The van der Waals surface area contributed by atoms with E-state index in [4.69, 9.17) is 10.5 Å². The first kappa shape index (κ1) is 13.8. The molecule has 0 spiro atoms. The summed E-state index contributed by atoms with van der Waals surface area (Å²) in [4.78, 5) is 15.8. The number of aliphatic hydroxyl groups excluding tert-OH is 1. The minimum Gasteiger partial charge on any atom is -0.466 e. The van der Waals surface area contributed by atoms with Crippen molar-refractivity contribution in [3.8, 4) is 0 Å². The molecule has 0 radical (unpaired) electrons. The van der Waals surface area contributed by atoms with Crippen molar-refractivity contribution in [2.24, 2.45) is 0 Å². The largest absolute Gasteiger partial charge is 0.466 e. The zero-order valence-electron chi connectivity index (χ0n) is 9.63. The third kappa shape index (κ3) is 5.06. The number of aromatic nitrogens is 1. The Labute approximate surface area is 104 Å². The average molecular weight is 256 g/mol. The lowest BCUT2D eigenvalue weighted by Crippen LogP contribution is -2.17. The number of nitrogen functional groups attached to an aromatic ring is 1. The van der Waals surface area contributed by atoms with E-state index >= 15 is 0 Å². The second-order valence-electron chi connectivity index (χ2n) is 3.39. The molecule has 1 unspecified atom stereocenters. The number of hydrogen-bond acceptors (Lipinski definition) is 6. The quantitative estimate of drug-likeness (QED) is 0.585. The number of nitrogens with two attached hydrogens (primary N) is 1. The highest BCUT2D eigenvalue weighted by Crippen LogP contribution is 2.24. The van der Waals surface area contributed by atoms with E-state index in [2.05, 4.69) is 4.98 Å². The molecular formula is C11H16N2O3S. The summed E-state index contributed by atoms with van der Waals surface area (Å²) in [6, 6.07) is 1.77. The van der Waals surface area contributed by atoms with E-state index in [9.17, 15) is 9.90 Å². The van der Waals surface area contributed by atoms with Gasteiger partial charge < -0.3 is 15.6 Å². The van der Waals surface area contributed by atoms with Gasteiger partial charge in [0.15, 0.2) is 0 Å². The minimum atomic E-state index is -0.730. The molecule has 0 aromatic carbocycles. The van der Waals surface area contributed by atoms with Gasteiger partial charge in [-0.25, -0.2) is 0 Å². The third-order valence-corrected chi connectivity index (χ3v) is 3.18. The molecule has 1 aromatic rings. The molecule has 0 fully saturated rings. The van der Waals surface area contributed by atoms with Gasteiger partial charge in [0.1, 0.15) is 0 Å². The fourth-order valence-corrected chi connectivity index (χ4v) is 2.05. The number of hydrogen-bond donors (Lipinski definition) is 2. The van der Waals surface area contributed by atoms with Gasteiger partial charge in [0.2, 0.25) is 0 Å². The van der Waals surface area contributed by atoms with Crippen LogP contribution in [0.4, 0.5) is 5.69 Å². The number of carbonyl (C=O) groups is 1. The third-order valence-electron chi connectivity index (χ3n) is 1.95. The van der Waals surface area contributed by atoms with E-state index < -0.39 is 6.10 Å². The predicted molar refractivity (Wildman–Crippen MR) is 66.6 cm³/mol. The number of anilines is 1. The summed E-state index contributed by atoms with van der Waals surface area (Å²) < 4.78 is 4.75. The van der Waals surface area contributed by atoms with E-state index in [0.29, 0.717) is 18.0 Å². The summed E-state index contributed by atoms with van der Waals surface area (Å²) in [5, 5.41) is 9.62. The number of ether oxygens (including phenoxy) is 1. The molecule has 6 heteroatoms. The molecule has 0 saturated carbocycles. The lowest BCUT2D eigenvalue weighted by molar-refractivity contribution is -0.144. The Hall–Kier alpha value is -1.27. The van der Waals surface area contributed by atoms with Gasteiger partial charge in [0.05, 0.1) is 31.0 Å². The second-order valence-corrected chi connectivity index (χ2v) is 4.45. The molecule has 17 heavy (non-hydrogen) atoms. The summed E-state index contributed by atoms with van der Waals surface area (Å²) in [6.45, 7) is 2.06. The second kappa shape index (κ2) is 7.13. The van der Waals surface area contributed by atoms with Crippen molar-refractivity contribution in [2.75, 3.05) is 18.1 Å². The van der Waals surface area contributed by atoms with Gasteiger partial charge in [-0.3, -0.25) is 9.78 Å². The number of thioether (sulfide) groups is 1. The molecule has 0 aliphatic carbocycles. The molecule has 0 amide bonds. The molecular weight excluding hydrogens is 240 g/mol. The van der Waals surface area contributed by atoms with Crippen LogP contribution in [0, 0.1) is 0 Å². The van der Waals surface area contributed by atoms with Crippen molar-refractivity contribution in [1.29, 1.82) is 0 Å². The van der Waals surface area contributed by atoms with E-state index in [1.165, 1.54) is 11.8 Å². The first-order chi connectivity index (χ1) is 8.13. The normalized spacial score (nSPS) is 12.1. The number of carbonyl (C=O) groups excluding carboxylic acids is 1. The van der Waals surface area contributed by atoms with Crippen LogP contribution >= 0.6 is 11.8 Å². The Kier molecular flexibility index (Phi) is 5.79. The maximum Gasteiger partial charge on any atom is 0.308 e. The Balaban J connectivity index is 2.35. The highest BCUT2D eigenvalue weighted by molar-refractivity contribution is 7.99. The van der Waals surface area contributed by atoms with E-state index in [-0.39, 0.29) is 12.4 Å². The molecule has 0 aliphatic rings. The number of pyridine rings is 1. The van der Waals surface area contributed by atoms with Gasteiger partial charge in [0.25, 0.3) is 0 Å². The van der Waals surface area contributed by atoms with Crippen LogP contribution in [0.25, 0.3) is 0 Å². The SMILES string of the molecule is CCOC(=O)CC(O)CSc1ccncc1N. The predicted octanol–water partition coefficient (Wildman–Crippen LogP) is 1.07. The van der Waals surface area contributed by atoms with E-state index in [1.54, 1.807) is 25.4 Å². The number of aliphatic hydroxyl groups is 1. The zero-order chi connectivity index (χ0) is 12.7. The topological polar surface area (TPSA) is 85.4 Å². The van der Waals surface area contributed by atoms with Crippen LogP contribution in [0.3, 0.4) is 0 Å². The van der Waals surface area contributed by atoms with Gasteiger partial charge in [-0.2, -0.15) is 0 Å². The molecule has 1 aromatic heterocycles. The van der Waals surface area contributed by atoms with Crippen molar-refractivity contribution in [3.05, 3.63) is 18.5 Å². The molecule has 0 bridgehead atoms. The van der Waals surface area contributed by atoms with Crippen molar-refractivity contribution < 1.29 is 14.6 Å². The Morgan fingerprint density at radius 3 is 3.12 bits per heavy atom. The molecule has 5 nitrogen and oxygen atoms in total. The smallest absolute Gasteiger partial charge is 0.308 e. The van der Waals surface area contributed by atoms with Gasteiger partial charge in [0, 0.05) is 16.8 Å². The summed E-state index contributed by atoms with van der Waals surface area (Å²) in [5.41, 5.74) is 6.27. The van der Waals surface area contributed by atoms with Gasteiger partial charge in [-0.05, 0) is 13.0 Å². The maximum absolute atomic E-state index is 11.1. The first-order valence-electron chi connectivity index (χ1n) is 5.29. The Morgan fingerprint density at radius 2 is 2.47 bits per heavy atom. The lowest BCUT2D eigenvalue weighted by atomic mass is 10.3. The van der Waals surface area contributed by atoms with Gasteiger partial charge in [-0.15, -0.1) is 11.8 Å². The van der Waals surface area contributed by atoms with Gasteiger partial charge in [-0.1, -0.05) is 0 Å². The fraction of sp³-hybridized carbons (Fsp3) is 0.455. The standard InChI is InChI=1S/C11H16N2O3S/c1-2-16-11(15)5-8(14)7-17-10-3-4-13-6-9(10)12/h3-4,6,8,14H,2,5,7,12H2,1H3. The van der Waals surface area contributed by atoms with Crippen LogP contribution < -0.4 is 5.73 Å². The van der Waals surface area contributed by atoms with Crippen molar-refractivity contribution in [3.63, 3.8) is 0 Å². The summed E-state index contributed by atoms with van der Waals surface area (Å²) >= 11 is 1.39. The first-order valence-corrected chi connectivity index (χ1v) is 6.28. The molecule has 1 heterocycles. The van der Waals surface area contributed by atoms with Crippen LogP contribution in [0.1, 0.15) is 13.3 Å². The van der Waals surface area contributed by atoms with Crippen LogP contribution in [-0.2, 0) is 9.53 Å². The summed E-state index contributed by atoms with van der Waals surface area (Å²) in [7, 11) is 0. The Morgan fingerprint density at radius 1 is 1.71 bits per heavy atom. The molecule has 3 N–H and O–H groups in total. The molecule has 0 aliphatic heterocycles. The fourth-order valence-electron chi connectivity index (χ4n) is 1.18. The van der Waals surface area contributed by atoms with Crippen LogP contribution in [0.5, 0.6) is 0 Å². The van der Waals surface area contributed by atoms with Crippen molar-refractivity contribution in [1.82, 2.24) is 4.98 Å². The maximum atomic E-state index is 11.1. The van der Waals surface area contributed by atoms with E-state index in [0.717, 1.165) is 4.90 Å². The highest BCUT2D eigenvalue weighted by Gasteiger charge is 2.12. The lowest BCUT2D eigenvalue weighted by Gasteiger charge is -2.10. The Bertz CT molecular complexity index is 373. The number of rotatable bonds is 6. The highest BCUT2D eigenvalue weighted by atomic mass is 32.2. The van der Waals surface area contributed by atoms with E-state index in [1.807, 2.05) is 0 Å². The molecule has 0 saturated heterocycles. The average Bonchev–Trinajstić information content (AvgIpc) is 2.28. The number of nitrogens with zero attached hydrogens (tertiary/aromatic N) is 1. The molecule has 1 atom stereocenters. The zero-order valence-corrected chi connectivity index (χ0v) is 10.4. The minimum absolute atomic E-state index is 0.00578. The van der Waals surface area contributed by atoms with Crippen LogP contribution in [-0.4, -0.2) is 34.5 Å². The summed E-state index contributed by atoms with van der Waals surface area (Å²) in [6.07, 6.45) is 2.47. The van der Waals surface area contributed by atoms with Crippen molar-refractivity contribution >= 4 is 23.4 Å².